The van der Waals surface area contributed by atoms with E-state index in [4.69, 9.17) is 0 Å². The van der Waals surface area contributed by atoms with Gasteiger partial charge in [0, 0.05) is 12.1 Å². The highest BCUT2D eigenvalue weighted by atomic mass is 19.2. The average molecular weight is 194 g/mol. The first kappa shape index (κ1) is 9.50. The Kier molecular flexibility index (Phi) is 2.50. The highest BCUT2D eigenvalue weighted by Gasteiger charge is 2.15. The van der Waals surface area contributed by atoms with E-state index in [2.05, 4.69) is 4.74 Å². The molecule has 0 fully saturated rings. The SMILES string of the molecule is O=C(F)Oc1c(F)cc(F)cc1F. The molecule has 1 rings (SSSR count). The van der Waals surface area contributed by atoms with Crippen LogP contribution in [0.25, 0.3) is 0 Å². The van der Waals surface area contributed by atoms with Crippen molar-refractivity contribution < 1.29 is 27.1 Å². The Morgan fingerprint density at radius 2 is 1.62 bits per heavy atom. The minimum atomic E-state index is -2.37. The fourth-order valence-corrected chi connectivity index (χ4v) is 0.707. The summed E-state index contributed by atoms with van der Waals surface area (Å²) in [6, 6.07) is 0.530. The Hall–Kier alpha value is -1.59. The van der Waals surface area contributed by atoms with Crippen LogP contribution in [0.3, 0.4) is 0 Å². The molecule has 0 aliphatic rings. The molecule has 0 unspecified atom stereocenters. The molecule has 0 bridgehead atoms. The number of carbonyl (C=O) groups excluding carboxylic acids is 1. The summed E-state index contributed by atoms with van der Waals surface area (Å²) in [6.07, 6.45) is -2.37. The third kappa shape index (κ3) is 2.17. The topological polar surface area (TPSA) is 26.3 Å². The molecule has 70 valence electrons. The van der Waals surface area contributed by atoms with E-state index in [0.29, 0.717) is 0 Å². The van der Waals surface area contributed by atoms with Crippen molar-refractivity contribution in [3.05, 3.63) is 29.6 Å². The van der Waals surface area contributed by atoms with Gasteiger partial charge in [0.1, 0.15) is 5.82 Å². The van der Waals surface area contributed by atoms with E-state index in [1.54, 1.807) is 0 Å². The molecule has 0 heterocycles. The molecule has 13 heavy (non-hydrogen) atoms. The second kappa shape index (κ2) is 3.42. The summed E-state index contributed by atoms with van der Waals surface area (Å²) in [7, 11) is 0. The third-order valence-electron chi connectivity index (χ3n) is 1.15. The van der Waals surface area contributed by atoms with Crippen LogP contribution in [0, 0.1) is 17.5 Å². The van der Waals surface area contributed by atoms with Gasteiger partial charge in [-0.05, 0) is 0 Å². The highest BCUT2D eigenvalue weighted by Crippen LogP contribution is 2.22. The average Bonchev–Trinajstić information content (AvgIpc) is 1.96. The number of ether oxygens (including phenoxy) is 1. The van der Waals surface area contributed by atoms with Crippen LogP contribution in [0.5, 0.6) is 5.75 Å². The van der Waals surface area contributed by atoms with Crippen molar-refractivity contribution >= 4 is 6.22 Å². The molecule has 0 aliphatic carbocycles. The fraction of sp³-hybridized carbons (Fsp3) is 0. The summed E-state index contributed by atoms with van der Waals surface area (Å²) in [4.78, 5) is 9.69. The van der Waals surface area contributed by atoms with E-state index in [1.807, 2.05) is 0 Å². The molecular formula is C7H2F4O2. The lowest BCUT2D eigenvalue weighted by atomic mass is 10.3. The first-order valence-electron chi connectivity index (χ1n) is 3.02. The van der Waals surface area contributed by atoms with Crippen molar-refractivity contribution in [1.29, 1.82) is 0 Å². The molecule has 6 heteroatoms. The van der Waals surface area contributed by atoms with Crippen molar-refractivity contribution in [3.8, 4) is 5.75 Å². The molecule has 2 nitrogen and oxygen atoms in total. The summed E-state index contributed by atoms with van der Waals surface area (Å²) >= 11 is 0. The molecule has 0 aliphatic heterocycles. The molecule has 0 aromatic heterocycles. The largest absolute Gasteiger partial charge is 0.501 e. The predicted octanol–water partition coefficient (Wildman–Crippen LogP) is 2.57. The van der Waals surface area contributed by atoms with E-state index < -0.39 is 29.4 Å². The third-order valence-corrected chi connectivity index (χ3v) is 1.15. The van der Waals surface area contributed by atoms with E-state index in [0.717, 1.165) is 0 Å². The lowest BCUT2D eigenvalue weighted by Crippen LogP contribution is -2.02. The predicted molar refractivity (Wildman–Crippen MR) is 33.4 cm³/mol. The van der Waals surface area contributed by atoms with Crippen LogP contribution in [0.15, 0.2) is 12.1 Å². The van der Waals surface area contributed by atoms with Gasteiger partial charge in [-0.2, -0.15) is 0 Å². The van der Waals surface area contributed by atoms with Gasteiger partial charge in [0.25, 0.3) is 0 Å². The summed E-state index contributed by atoms with van der Waals surface area (Å²) in [6.45, 7) is 0. The maximum atomic E-state index is 12.5. The zero-order chi connectivity index (χ0) is 10.0. The van der Waals surface area contributed by atoms with E-state index >= 15 is 0 Å². The second-order valence-electron chi connectivity index (χ2n) is 2.04. The van der Waals surface area contributed by atoms with Gasteiger partial charge in [-0.25, -0.2) is 18.0 Å². The molecule has 0 radical (unpaired) electrons. The van der Waals surface area contributed by atoms with Crippen LogP contribution in [0.2, 0.25) is 0 Å². The van der Waals surface area contributed by atoms with Gasteiger partial charge in [-0.1, -0.05) is 0 Å². The summed E-state index contributed by atoms with van der Waals surface area (Å²) in [5.74, 6) is -5.41. The van der Waals surface area contributed by atoms with Crippen LogP contribution in [-0.4, -0.2) is 6.22 Å². The first-order chi connectivity index (χ1) is 6.00. The highest BCUT2D eigenvalue weighted by molar-refractivity contribution is 5.62. The van der Waals surface area contributed by atoms with Gasteiger partial charge < -0.3 is 4.74 Å². The van der Waals surface area contributed by atoms with Gasteiger partial charge in [0.2, 0.25) is 5.75 Å². The van der Waals surface area contributed by atoms with Gasteiger partial charge in [-0.3, -0.25) is 0 Å². The van der Waals surface area contributed by atoms with Crippen LogP contribution in [-0.2, 0) is 0 Å². The molecule has 0 saturated carbocycles. The zero-order valence-corrected chi connectivity index (χ0v) is 5.98. The number of hydrogen-bond acceptors (Lipinski definition) is 2. The van der Waals surface area contributed by atoms with E-state index in [1.165, 1.54) is 0 Å². The Labute approximate surface area is 69.7 Å². The monoisotopic (exact) mass is 194 g/mol. The van der Waals surface area contributed by atoms with Crippen LogP contribution in [0.1, 0.15) is 0 Å². The number of benzene rings is 1. The number of hydrogen-bond donors (Lipinski definition) is 0. The fourth-order valence-electron chi connectivity index (χ4n) is 0.707. The molecule has 0 N–H and O–H groups in total. The lowest BCUT2D eigenvalue weighted by molar-refractivity contribution is 0.171. The quantitative estimate of drug-likeness (QED) is 0.507. The standard InChI is InChI=1S/C7H2F4O2/c8-3-1-4(9)6(5(10)2-3)13-7(11)12/h1-2H. The Morgan fingerprint density at radius 1 is 1.15 bits per heavy atom. The number of halogens is 4. The van der Waals surface area contributed by atoms with Gasteiger partial charge >= 0.3 is 6.22 Å². The normalized spacial score (nSPS) is 9.85. The zero-order valence-electron chi connectivity index (χ0n) is 5.98. The van der Waals surface area contributed by atoms with Crippen LogP contribution in [0.4, 0.5) is 22.4 Å². The summed E-state index contributed by atoms with van der Waals surface area (Å²) in [5.41, 5.74) is 0. The van der Waals surface area contributed by atoms with Gasteiger partial charge in [0.15, 0.2) is 11.6 Å². The number of carbonyl (C=O) groups is 1. The van der Waals surface area contributed by atoms with Crippen molar-refractivity contribution in [1.82, 2.24) is 0 Å². The minimum Gasteiger partial charge on any atom is -0.395 e. The van der Waals surface area contributed by atoms with Gasteiger partial charge in [0.05, 0.1) is 0 Å². The smallest absolute Gasteiger partial charge is 0.395 e. The molecule has 1 aromatic rings. The van der Waals surface area contributed by atoms with Crippen molar-refractivity contribution in [2.24, 2.45) is 0 Å². The van der Waals surface area contributed by atoms with E-state index in [9.17, 15) is 22.4 Å². The summed E-state index contributed by atoms with van der Waals surface area (Å²) < 4.78 is 52.4. The molecule has 0 amide bonds. The van der Waals surface area contributed by atoms with Crippen molar-refractivity contribution in [2.45, 2.75) is 0 Å². The first-order valence-corrected chi connectivity index (χ1v) is 3.02. The lowest BCUT2D eigenvalue weighted by Gasteiger charge is -2.01. The maximum absolute atomic E-state index is 12.5. The maximum Gasteiger partial charge on any atom is 0.501 e. The number of rotatable bonds is 1. The summed E-state index contributed by atoms with van der Waals surface area (Å²) in [5, 5.41) is 0. The minimum absolute atomic E-state index is 0.265. The van der Waals surface area contributed by atoms with E-state index in [-0.39, 0.29) is 12.1 Å². The second-order valence-corrected chi connectivity index (χ2v) is 2.04. The van der Waals surface area contributed by atoms with Crippen LogP contribution < -0.4 is 4.74 Å². The molecule has 0 atom stereocenters. The Bertz CT molecular complexity index is 327. The molecular weight excluding hydrogens is 192 g/mol. The molecule has 0 spiro atoms. The molecule has 1 aromatic carbocycles. The molecule has 0 saturated heterocycles. The van der Waals surface area contributed by atoms with Crippen molar-refractivity contribution in [2.75, 3.05) is 0 Å². The Morgan fingerprint density at radius 3 is 2.00 bits per heavy atom. The van der Waals surface area contributed by atoms with Gasteiger partial charge in [-0.15, -0.1) is 4.39 Å². The van der Waals surface area contributed by atoms with Crippen LogP contribution >= 0.6 is 0 Å². The van der Waals surface area contributed by atoms with Crippen molar-refractivity contribution in [3.63, 3.8) is 0 Å². The Balaban J connectivity index is 3.13.